The molecule has 0 saturated heterocycles. The van der Waals surface area contributed by atoms with Gasteiger partial charge in [-0.25, -0.2) is 4.98 Å². The van der Waals surface area contributed by atoms with Gasteiger partial charge in [0.2, 0.25) is 0 Å². The molecule has 3 saturated carbocycles. The second-order valence-corrected chi connectivity index (χ2v) is 9.78. The van der Waals surface area contributed by atoms with Gasteiger partial charge in [0.15, 0.2) is 4.34 Å². The Kier molecular flexibility index (Phi) is 4.83. The Balaban J connectivity index is 1.47. The molecule has 3 aliphatic rings. The van der Waals surface area contributed by atoms with Crippen LogP contribution in [0.25, 0.3) is 0 Å². The first-order valence-electron chi connectivity index (χ1n) is 8.41. The molecule has 0 spiro atoms. The minimum absolute atomic E-state index is 0.0494. The molecule has 0 atom stereocenters. The van der Waals surface area contributed by atoms with Crippen molar-refractivity contribution in [2.24, 2.45) is 10.8 Å². The highest BCUT2D eigenvalue weighted by molar-refractivity contribution is 8.01. The summed E-state index contributed by atoms with van der Waals surface area (Å²) in [4.78, 5) is 17.2. The lowest BCUT2D eigenvalue weighted by Gasteiger charge is -2.52. The molecule has 0 unspecified atom stereocenters. The van der Waals surface area contributed by atoms with Crippen LogP contribution in [0.4, 0.5) is 0 Å². The molecular weight excluding hydrogens is 312 g/mol. The molecule has 122 valence electrons. The number of carbonyl (C=O) groups excluding carboxylic acids is 1. The van der Waals surface area contributed by atoms with Crippen molar-refractivity contribution in [1.29, 1.82) is 0 Å². The number of nitrogens with zero attached hydrogens (tertiary/aromatic N) is 1. The molecule has 5 heteroatoms. The lowest BCUT2D eigenvalue weighted by atomic mass is 9.53. The Hall–Kier alpha value is -0.550. The van der Waals surface area contributed by atoms with Crippen LogP contribution in [-0.4, -0.2) is 23.2 Å². The van der Waals surface area contributed by atoms with Crippen LogP contribution in [0.3, 0.4) is 0 Å². The van der Waals surface area contributed by atoms with Crippen molar-refractivity contribution in [3.63, 3.8) is 0 Å². The monoisotopic (exact) mass is 338 g/mol. The Labute approximate surface area is 141 Å². The molecule has 1 amide bonds. The number of fused-ring (bicyclic) bond motifs is 3. The highest BCUT2D eigenvalue weighted by atomic mass is 32.2. The van der Waals surface area contributed by atoms with Crippen LogP contribution in [0.15, 0.2) is 10.5 Å². The summed E-state index contributed by atoms with van der Waals surface area (Å²) in [6.45, 7) is 5.36. The minimum atomic E-state index is 0.0494. The molecule has 1 heterocycles. The maximum absolute atomic E-state index is 12.2. The maximum atomic E-state index is 12.2. The van der Waals surface area contributed by atoms with Gasteiger partial charge in [-0.05, 0) is 61.5 Å². The van der Waals surface area contributed by atoms with Gasteiger partial charge in [-0.15, -0.1) is 11.3 Å². The molecule has 0 radical (unpaired) electrons. The Morgan fingerprint density at radius 1 is 1.32 bits per heavy atom. The molecule has 0 aliphatic heterocycles. The molecule has 3 fully saturated rings. The van der Waals surface area contributed by atoms with E-state index in [2.05, 4.69) is 24.1 Å². The second-order valence-electron chi connectivity index (χ2n) is 7.24. The Morgan fingerprint density at radius 2 is 2.00 bits per heavy atom. The van der Waals surface area contributed by atoms with Crippen LogP contribution >= 0.6 is 23.1 Å². The molecule has 22 heavy (non-hydrogen) atoms. The predicted octanol–water partition coefficient (Wildman–Crippen LogP) is 4.74. The van der Waals surface area contributed by atoms with Crippen LogP contribution in [0, 0.1) is 10.8 Å². The molecule has 1 aromatic heterocycles. The van der Waals surface area contributed by atoms with E-state index in [0.717, 1.165) is 27.9 Å². The minimum Gasteiger partial charge on any atom is -0.351 e. The zero-order chi connectivity index (χ0) is 15.6. The van der Waals surface area contributed by atoms with Gasteiger partial charge in [0.25, 0.3) is 5.91 Å². The molecule has 1 N–H and O–H groups in total. The van der Waals surface area contributed by atoms with E-state index in [1.807, 2.05) is 0 Å². The fourth-order valence-electron chi connectivity index (χ4n) is 3.91. The van der Waals surface area contributed by atoms with Crippen molar-refractivity contribution < 1.29 is 4.79 Å². The van der Waals surface area contributed by atoms with E-state index in [1.165, 1.54) is 49.9 Å². The summed E-state index contributed by atoms with van der Waals surface area (Å²) >= 11 is 3.20. The van der Waals surface area contributed by atoms with Crippen LogP contribution in [0.5, 0.6) is 0 Å². The third kappa shape index (κ3) is 3.51. The fourth-order valence-corrected chi connectivity index (χ4v) is 5.70. The summed E-state index contributed by atoms with van der Waals surface area (Å²) in [5, 5.41) is 3.11. The number of rotatable bonds is 6. The van der Waals surface area contributed by atoms with Crippen molar-refractivity contribution in [2.75, 3.05) is 12.3 Å². The van der Waals surface area contributed by atoms with Gasteiger partial charge < -0.3 is 5.32 Å². The number of aromatic nitrogens is 1. The fraction of sp³-hybridized carbons (Fsp3) is 0.765. The highest BCUT2D eigenvalue weighted by Gasteiger charge is 2.45. The molecular formula is C17H26N2OS2. The molecule has 3 aliphatic carbocycles. The molecule has 1 aromatic rings. The van der Waals surface area contributed by atoms with E-state index in [4.69, 9.17) is 0 Å². The Bertz CT molecular complexity index is 516. The lowest BCUT2D eigenvalue weighted by Crippen LogP contribution is -2.41. The van der Waals surface area contributed by atoms with E-state index >= 15 is 0 Å². The summed E-state index contributed by atoms with van der Waals surface area (Å²) in [7, 11) is 0. The number of hydrogen-bond acceptors (Lipinski definition) is 4. The smallest absolute Gasteiger partial charge is 0.263 e. The number of thioether (sulfide) groups is 1. The van der Waals surface area contributed by atoms with Crippen LogP contribution < -0.4 is 5.32 Å². The van der Waals surface area contributed by atoms with Gasteiger partial charge in [0, 0.05) is 6.54 Å². The average Bonchev–Trinajstić information content (AvgIpc) is 2.98. The summed E-state index contributed by atoms with van der Waals surface area (Å²) in [6.07, 6.45) is 11.1. The normalized spacial score (nSPS) is 30.5. The van der Waals surface area contributed by atoms with E-state index in [0.29, 0.717) is 10.8 Å². The van der Waals surface area contributed by atoms with Crippen molar-refractivity contribution in [2.45, 2.75) is 63.1 Å². The van der Waals surface area contributed by atoms with Crippen molar-refractivity contribution in [1.82, 2.24) is 10.3 Å². The van der Waals surface area contributed by atoms with Crippen LogP contribution in [-0.2, 0) is 0 Å². The van der Waals surface area contributed by atoms with Gasteiger partial charge in [-0.3, -0.25) is 4.79 Å². The topological polar surface area (TPSA) is 42.0 Å². The first-order chi connectivity index (χ1) is 10.5. The van der Waals surface area contributed by atoms with Crippen LogP contribution in [0.2, 0.25) is 0 Å². The van der Waals surface area contributed by atoms with Crippen LogP contribution in [0.1, 0.15) is 68.5 Å². The largest absolute Gasteiger partial charge is 0.351 e. The SMILES string of the molecule is CCSc1ncc(C(=O)NCCC23CCC(C)(CC2)CC3)s1. The summed E-state index contributed by atoms with van der Waals surface area (Å²) in [6, 6.07) is 0. The third-order valence-electron chi connectivity index (χ3n) is 5.69. The van der Waals surface area contributed by atoms with Gasteiger partial charge in [0.05, 0.1) is 6.20 Å². The average molecular weight is 339 g/mol. The number of nitrogens with one attached hydrogen (secondary N) is 1. The Morgan fingerprint density at radius 3 is 2.64 bits per heavy atom. The summed E-state index contributed by atoms with van der Waals surface area (Å²) in [5.74, 6) is 1.05. The number of carbonyl (C=O) groups is 1. The molecule has 3 nitrogen and oxygen atoms in total. The zero-order valence-corrected chi connectivity index (χ0v) is 15.2. The van der Waals surface area contributed by atoms with E-state index in [1.54, 1.807) is 18.0 Å². The maximum Gasteiger partial charge on any atom is 0.263 e. The predicted molar refractivity (Wildman–Crippen MR) is 93.7 cm³/mol. The van der Waals surface area contributed by atoms with E-state index < -0.39 is 0 Å². The molecule has 4 rings (SSSR count). The number of hydrogen-bond donors (Lipinski definition) is 1. The van der Waals surface area contributed by atoms with Gasteiger partial charge in [-0.2, -0.15) is 0 Å². The first-order valence-corrected chi connectivity index (χ1v) is 10.2. The zero-order valence-electron chi connectivity index (χ0n) is 13.6. The number of amides is 1. The highest BCUT2D eigenvalue weighted by Crippen LogP contribution is 2.57. The molecule has 2 bridgehead atoms. The summed E-state index contributed by atoms with van der Waals surface area (Å²) in [5.41, 5.74) is 1.14. The van der Waals surface area contributed by atoms with Gasteiger partial charge >= 0.3 is 0 Å². The van der Waals surface area contributed by atoms with Crippen molar-refractivity contribution in [3.05, 3.63) is 11.1 Å². The second kappa shape index (κ2) is 6.52. The molecule has 0 aromatic carbocycles. The van der Waals surface area contributed by atoms with Crippen molar-refractivity contribution >= 4 is 29.0 Å². The summed E-state index contributed by atoms with van der Waals surface area (Å²) < 4.78 is 0.991. The van der Waals surface area contributed by atoms with E-state index in [9.17, 15) is 4.79 Å². The van der Waals surface area contributed by atoms with Gasteiger partial charge in [0.1, 0.15) is 4.88 Å². The standard InChI is InChI=1S/C17H26N2OS2/c1-3-21-15-19-12-13(22-15)14(20)18-11-10-17-7-4-16(2,5-8-17)6-9-17/h12H,3-11H2,1-2H3,(H,18,20). The van der Waals surface area contributed by atoms with Crippen molar-refractivity contribution in [3.8, 4) is 0 Å². The lowest BCUT2D eigenvalue weighted by molar-refractivity contribution is -0.00200. The van der Waals surface area contributed by atoms with Gasteiger partial charge in [-0.1, -0.05) is 25.6 Å². The van der Waals surface area contributed by atoms with E-state index in [-0.39, 0.29) is 5.91 Å². The first kappa shape index (κ1) is 16.3. The quantitative estimate of drug-likeness (QED) is 0.762. The number of thiazole rings is 1. The third-order valence-corrected chi connectivity index (χ3v) is 7.73.